The van der Waals surface area contributed by atoms with Gasteiger partial charge in [-0.2, -0.15) is 0 Å². The fraction of sp³-hybridized carbons (Fsp3) is 0.167. The second-order valence-corrected chi connectivity index (χ2v) is 1.82. The van der Waals surface area contributed by atoms with Crippen LogP contribution in [0.15, 0.2) is 24.5 Å². The van der Waals surface area contributed by atoms with Crippen molar-refractivity contribution in [3.63, 3.8) is 0 Å². The highest BCUT2D eigenvalue weighted by atomic mass is 16.4. The highest BCUT2D eigenvalue weighted by molar-refractivity contribution is 5.70. The SMILES string of the molecule is O=C(O)CNn1cccc1. The summed E-state index contributed by atoms with van der Waals surface area (Å²) in [6, 6.07) is 3.63. The number of hydrogen-bond acceptors (Lipinski definition) is 2. The molecule has 1 heterocycles. The summed E-state index contributed by atoms with van der Waals surface area (Å²) >= 11 is 0. The highest BCUT2D eigenvalue weighted by Crippen LogP contribution is 1.83. The van der Waals surface area contributed by atoms with Gasteiger partial charge in [0.1, 0.15) is 6.54 Å². The molecule has 0 aliphatic heterocycles. The molecule has 0 unspecified atom stereocenters. The predicted octanol–water partition coefficient (Wildman–Crippen LogP) is 0.116. The summed E-state index contributed by atoms with van der Waals surface area (Å²) in [4.78, 5) is 10.0. The molecule has 4 heteroatoms. The molecule has 0 aliphatic rings. The molecular formula is C6H8N2O2. The minimum atomic E-state index is -0.867. The van der Waals surface area contributed by atoms with Gasteiger partial charge in [0, 0.05) is 12.4 Å². The Morgan fingerprint density at radius 3 is 2.60 bits per heavy atom. The molecule has 1 aromatic rings. The molecule has 1 aromatic heterocycles. The lowest BCUT2D eigenvalue weighted by molar-refractivity contribution is -0.135. The highest BCUT2D eigenvalue weighted by Gasteiger charge is 1.92. The van der Waals surface area contributed by atoms with Gasteiger partial charge in [0.25, 0.3) is 0 Å². The van der Waals surface area contributed by atoms with E-state index in [0.29, 0.717) is 0 Å². The van der Waals surface area contributed by atoms with Gasteiger partial charge in [0.15, 0.2) is 0 Å². The molecule has 54 valence electrons. The third-order valence-corrected chi connectivity index (χ3v) is 1.02. The van der Waals surface area contributed by atoms with Crippen LogP contribution in [0.3, 0.4) is 0 Å². The van der Waals surface area contributed by atoms with E-state index < -0.39 is 5.97 Å². The molecule has 0 atom stereocenters. The zero-order valence-electron chi connectivity index (χ0n) is 5.32. The van der Waals surface area contributed by atoms with Gasteiger partial charge in [0.05, 0.1) is 0 Å². The monoisotopic (exact) mass is 140 g/mol. The summed E-state index contributed by atoms with van der Waals surface area (Å²) < 4.78 is 1.59. The lowest BCUT2D eigenvalue weighted by Gasteiger charge is -2.01. The van der Waals surface area contributed by atoms with Crippen LogP contribution in [0.25, 0.3) is 0 Å². The fourth-order valence-corrected chi connectivity index (χ4v) is 0.599. The molecule has 0 saturated heterocycles. The number of carboxylic acids is 1. The molecule has 0 aromatic carbocycles. The van der Waals surface area contributed by atoms with Crippen molar-refractivity contribution < 1.29 is 9.90 Å². The van der Waals surface area contributed by atoms with Gasteiger partial charge in [0.2, 0.25) is 0 Å². The maximum Gasteiger partial charge on any atom is 0.324 e. The van der Waals surface area contributed by atoms with Gasteiger partial charge in [-0.15, -0.1) is 0 Å². The van der Waals surface area contributed by atoms with E-state index in [2.05, 4.69) is 5.43 Å². The summed E-state index contributed by atoms with van der Waals surface area (Å²) in [6.45, 7) is -0.0608. The van der Waals surface area contributed by atoms with E-state index in [4.69, 9.17) is 5.11 Å². The number of hydrogen-bond donors (Lipinski definition) is 2. The molecule has 0 bridgehead atoms. The van der Waals surface area contributed by atoms with Gasteiger partial charge < -0.3 is 10.5 Å². The molecule has 1 rings (SSSR count). The Labute approximate surface area is 58.1 Å². The zero-order chi connectivity index (χ0) is 7.40. The maximum absolute atomic E-state index is 10.0. The molecule has 0 spiro atoms. The molecule has 4 nitrogen and oxygen atoms in total. The molecule has 2 N–H and O–H groups in total. The van der Waals surface area contributed by atoms with Gasteiger partial charge in [-0.25, -0.2) is 0 Å². The second kappa shape index (κ2) is 2.91. The van der Waals surface area contributed by atoms with Crippen LogP contribution in [0, 0.1) is 0 Å². The number of aliphatic carboxylic acids is 1. The van der Waals surface area contributed by atoms with Crippen molar-refractivity contribution in [2.75, 3.05) is 12.0 Å². The summed E-state index contributed by atoms with van der Waals surface area (Å²) in [7, 11) is 0. The van der Waals surface area contributed by atoms with Crippen LogP contribution in [0.4, 0.5) is 0 Å². The van der Waals surface area contributed by atoms with E-state index in [-0.39, 0.29) is 6.54 Å². The Morgan fingerprint density at radius 1 is 1.50 bits per heavy atom. The van der Waals surface area contributed by atoms with E-state index in [9.17, 15) is 4.79 Å². The van der Waals surface area contributed by atoms with Crippen molar-refractivity contribution in [1.82, 2.24) is 4.68 Å². The molecule has 0 fully saturated rings. The number of rotatable bonds is 3. The fourth-order valence-electron chi connectivity index (χ4n) is 0.599. The van der Waals surface area contributed by atoms with Crippen LogP contribution >= 0.6 is 0 Å². The van der Waals surface area contributed by atoms with E-state index in [1.165, 1.54) is 0 Å². The molecule has 0 aliphatic carbocycles. The van der Waals surface area contributed by atoms with Crippen LogP contribution < -0.4 is 5.43 Å². The normalized spacial score (nSPS) is 9.20. The van der Waals surface area contributed by atoms with Crippen molar-refractivity contribution >= 4 is 5.97 Å². The summed E-state index contributed by atoms with van der Waals surface area (Å²) in [5.41, 5.74) is 2.64. The van der Waals surface area contributed by atoms with Crippen molar-refractivity contribution in [3.05, 3.63) is 24.5 Å². The van der Waals surface area contributed by atoms with Crippen LogP contribution in [0.2, 0.25) is 0 Å². The standard InChI is InChI=1S/C6H8N2O2/c9-6(10)5-7-8-3-1-2-4-8/h1-4,7H,5H2,(H,9,10). The Hall–Kier alpha value is -1.45. The van der Waals surface area contributed by atoms with Crippen molar-refractivity contribution in [3.8, 4) is 0 Å². The smallest absolute Gasteiger partial charge is 0.324 e. The Kier molecular flexibility index (Phi) is 1.94. The second-order valence-electron chi connectivity index (χ2n) is 1.82. The largest absolute Gasteiger partial charge is 0.480 e. The summed E-state index contributed by atoms with van der Waals surface area (Å²) in [5, 5.41) is 8.24. The summed E-state index contributed by atoms with van der Waals surface area (Å²) in [6.07, 6.45) is 3.48. The molecule has 0 radical (unpaired) electrons. The third-order valence-electron chi connectivity index (χ3n) is 1.02. The van der Waals surface area contributed by atoms with Crippen LogP contribution in [0.1, 0.15) is 0 Å². The van der Waals surface area contributed by atoms with Crippen LogP contribution in [-0.2, 0) is 4.79 Å². The van der Waals surface area contributed by atoms with Crippen molar-refractivity contribution in [1.29, 1.82) is 0 Å². The first kappa shape index (κ1) is 6.67. The van der Waals surface area contributed by atoms with E-state index in [1.807, 2.05) is 12.1 Å². The minimum Gasteiger partial charge on any atom is -0.480 e. The quantitative estimate of drug-likeness (QED) is 0.626. The molecular weight excluding hydrogens is 132 g/mol. The predicted molar refractivity (Wildman–Crippen MR) is 36.3 cm³/mol. The first-order valence-corrected chi connectivity index (χ1v) is 2.87. The lowest BCUT2D eigenvalue weighted by Crippen LogP contribution is -2.20. The zero-order valence-corrected chi connectivity index (χ0v) is 5.32. The number of nitrogens with zero attached hydrogens (tertiary/aromatic N) is 1. The van der Waals surface area contributed by atoms with Gasteiger partial charge in [-0.1, -0.05) is 0 Å². The van der Waals surface area contributed by atoms with Gasteiger partial charge in [-0.05, 0) is 12.1 Å². The van der Waals surface area contributed by atoms with E-state index in [0.717, 1.165) is 0 Å². The van der Waals surface area contributed by atoms with E-state index in [1.54, 1.807) is 17.1 Å². The Morgan fingerprint density at radius 2 is 2.10 bits per heavy atom. The van der Waals surface area contributed by atoms with Crippen molar-refractivity contribution in [2.24, 2.45) is 0 Å². The average Bonchev–Trinajstić information content (AvgIpc) is 2.34. The molecule has 0 amide bonds. The minimum absolute atomic E-state index is 0.0608. The van der Waals surface area contributed by atoms with Crippen LogP contribution in [0.5, 0.6) is 0 Å². The Bertz CT molecular complexity index is 206. The van der Waals surface area contributed by atoms with Gasteiger partial charge >= 0.3 is 5.97 Å². The Balaban J connectivity index is 2.35. The van der Waals surface area contributed by atoms with E-state index >= 15 is 0 Å². The first-order valence-electron chi connectivity index (χ1n) is 2.87. The van der Waals surface area contributed by atoms with Crippen molar-refractivity contribution in [2.45, 2.75) is 0 Å². The topological polar surface area (TPSA) is 54.3 Å². The number of carbonyl (C=O) groups is 1. The first-order chi connectivity index (χ1) is 4.79. The van der Waals surface area contributed by atoms with Crippen LogP contribution in [-0.4, -0.2) is 22.3 Å². The van der Waals surface area contributed by atoms with Gasteiger partial charge in [-0.3, -0.25) is 9.47 Å². The maximum atomic E-state index is 10.0. The number of carboxylic acid groups (broad SMARTS) is 1. The molecule has 10 heavy (non-hydrogen) atoms. The number of nitrogens with one attached hydrogen (secondary N) is 1. The molecule has 0 saturated carbocycles. The third kappa shape index (κ3) is 1.81. The summed E-state index contributed by atoms with van der Waals surface area (Å²) in [5.74, 6) is -0.867. The number of aromatic nitrogens is 1. The average molecular weight is 140 g/mol. The lowest BCUT2D eigenvalue weighted by atomic mass is 10.7.